The Kier molecular flexibility index (Phi) is 4.38. The molecule has 6 nitrogen and oxygen atoms in total. The first-order valence-corrected chi connectivity index (χ1v) is 7.59. The molecule has 0 aliphatic heterocycles. The van der Waals surface area contributed by atoms with Gasteiger partial charge in [0.15, 0.2) is 0 Å². The number of benzene rings is 1. The van der Waals surface area contributed by atoms with Crippen molar-refractivity contribution in [2.75, 3.05) is 20.3 Å². The third kappa shape index (κ3) is 3.39. The maximum atomic E-state index is 13.0. The molecule has 1 heterocycles. The molecule has 0 saturated heterocycles. The zero-order chi connectivity index (χ0) is 16.4. The summed E-state index contributed by atoms with van der Waals surface area (Å²) in [7, 11) is 1.61. The van der Waals surface area contributed by atoms with Gasteiger partial charge in [0.1, 0.15) is 11.6 Å². The van der Waals surface area contributed by atoms with Crippen molar-refractivity contribution in [3.05, 3.63) is 41.7 Å². The largest absolute Gasteiger partial charge is 0.383 e. The number of carbonyl (C=O) groups excluding carboxylic acids is 1. The lowest BCUT2D eigenvalue weighted by Gasteiger charge is -2.20. The highest BCUT2D eigenvalue weighted by molar-refractivity contribution is 5.91. The van der Waals surface area contributed by atoms with Crippen LogP contribution >= 0.6 is 0 Å². The number of aromatic nitrogens is 3. The molecule has 1 aromatic carbocycles. The Hall–Kier alpha value is -2.28. The lowest BCUT2D eigenvalue weighted by Crippen LogP contribution is -2.36. The number of carbonyl (C=O) groups is 1. The molecule has 1 fully saturated rings. The minimum atomic E-state index is -0.317. The Morgan fingerprint density at radius 2 is 2.09 bits per heavy atom. The fraction of sp³-hybridized carbons (Fsp3) is 0.438. The Bertz CT molecular complexity index is 695. The van der Waals surface area contributed by atoms with Crippen LogP contribution in [0, 0.1) is 12.7 Å². The van der Waals surface area contributed by atoms with E-state index in [4.69, 9.17) is 4.74 Å². The molecule has 0 bridgehead atoms. The predicted molar refractivity (Wildman–Crippen MR) is 82.0 cm³/mol. The van der Waals surface area contributed by atoms with E-state index in [0.717, 1.165) is 12.8 Å². The molecule has 0 radical (unpaired) electrons. The normalized spacial score (nSPS) is 14.0. The lowest BCUT2D eigenvalue weighted by atomic mass is 10.3. The Balaban J connectivity index is 1.84. The summed E-state index contributed by atoms with van der Waals surface area (Å²) < 4.78 is 19.7. The summed E-state index contributed by atoms with van der Waals surface area (Å²) in [5.41, 5.74) is 0.672. The molecule has 3 rings (SSSR count). The molecular formula is C16H19FN4O2. The quantitative estimate of drug-likeness (QED) is 0.817. The number of ether oxygens (including phenoxy) is 1. The average molecular weight is 318 g/mol. The first-order chi connectivity index (χ1) is 11.1. The number of rotatable bonds is 6. The first kappa shape index (κ1) is 15.6. The van der Waals surface area contributed by atoms with Crippen molar-refractivity contribution in [1.29, 1.82) is 0 Å². The Morgan fingerprint density at radius 3 is 2.70 bits per heavy atom. The topological polar surface area (TPSA) is 60.2 Å². The van der Waals surface area contributed by atoms with Crippen LogP contribution in [0.15, 0.2) is 24.3 Å². The minimum Gasteiger partial charge on any atom is -0.383 e. The number of halogens is 1. The van der Waals surface area contributed by atoms with Crippen molar-refractivity contribution in [2.24, 2.45) is 0 Å². The fourth-order valence-corrected chi connectivity index (χ4v) is 2.46. The number of hydrogen-bond donors (Lipinski definition) is 0. The summed E-state index contributed by atoms with van der Waals surface area (Å²) in [4.78, 5) is 18.7. The van der Waals surface area contributed by atoms with E-state index < -0.39 is 0 Å². The minimum absolute atomic E-state index is 0.162. The fourth-order valence-electron chi connectivity index (χ4n) is 2.46. The van der Waals surface area contributed by atoms with Crippen LogP contribution in [-0.2, 0) is 4.74 Å². The van der Waals surface area contributed by atoms with Crippen molar-refractivity contribution in [3.63, 3.8) is 0 Å². The lowest BCUT2D eigenvalue weighted by molar-refractivity contribution is 0.0668. The third-order valence-corrected chi connectivity index (χ3v) is 3.82. The van der Waals surface area contributed by atoms with Crippen LogP contribution in [0.25, 0.3) is 5.69 Å². The molecule has 2 aromatic rings. The van der Waals surface area contributed by atoms with Crippen LogP contribution in [0.3, 0.4) is 0 Å². The number of nitrogens with zero attached hydrogens (tertiary/aromatic N) is 4. The van der Waals surface area contributed by atoms with Crippen LogP contribution in [0.4, 0.5) is 4.39 Å². The average Bonchev–Trinajstić information content (AvgIpc) is 3.30. The summed E-state index contributed by atoms with van der Waals surface area (Å²) in [6, 6.07) is 6.18. The summed E-state index contributed by atoms with van der Waals surface area (Å²) in [5, 5.41) is 4.30. The van der Waals surface area contributed by atoms with Gasteiger partial charge in [-0.3, -0.25) is 4.79 Å². The summed E-state index contributed by atoms with van der Waals surface area (Å²) >= 11 is 0. The van der Waals surface area contributed by atoms with E-state index in [9.17, 15) is 9.18 Å². The third-order valence-electron chi connectivity index (χ3n) is 3.82. The molecule has 0 atom stereocenters. The van der Waals surface area contributed by atoms with Crippen LogP contribution in [0.5, 0.6) is 0 Å². The van der Waals surface area contributed by atoms with Crippen LogP contribution < -0.4 is 0 Å². The smallest absolute Gasteiger partial charge is 0.293 e. The predicted octanol–water partition coefficient (Wildman–Crippen LogP) is 1.97. The molecule has 1 saturated carbocycles. The van der Waals surface area contributed by atoms with E-state index in [-0.39, 0.29) is 23.6 Å². The molecular weight excluding hydrogens is 299 g/mol. The van der Waals surface area contributed by atoms with Gasteiger partial charge >= 0.3 is 0 Å². The second-order valence-electron chi connectivity index (χ2n) is 5.59. The molecule has 7 heteroatoms. The van der Waals surface area contributed by atoms with Gasteiger partial charge in [0.2, 0.25) is 5.82 Å². The summed E-state index contributed by atoms with van der Waals surface area (Å²) in [6.07, 6.45) is 2.01. The van der Waals surface area contributed by atoms with Gasteiger partial charge in [0.25, 0.3) is 5.91 Å². The van der Waals surface area contributed by atoms with E-state index in [1.165, 1.54) is 12.1 Å². The van der Waals surface area contributed by atoms with Gasteiger partial charge in [-0.15, -0.1) is 5.10 Å². The van der Waals surface area contributed by atoms with Crippen molar-refractivity contribution in [3.8, 4) is 5.69 Å². The SMILES string of the molecule is COCCN(C(=O)c1nc(C)n(-c2ccc(F)cc2)n1)C1CC1. The summed E-state index contributed by atoms with van der Waals surface area (Å²) in [6.45, 7) is 2.79. The van der Waals surface area contributed by atoms with Gasteiger partial charge in [0, 0.05) is 19.7 Å². The highest BCUT2D eigenvalue weighted by atomic mass is 19.1. The van der Waals surface area contributed by atoms with Gasteiger partial charge in [-0.05, 0) is 44.0 Å². The van der Waals surface area contributed by atoms with Crippen molar-refractivity contribution in [2.45, 2.75) is 25.8 Å². The van der Waals surface area contributed by atoms with Gasteiger partial charge in [-0.25, -0.2) is 14.1 Å². The number of aryl methyl sites for hydroxylation is 1. The monoisotopic (exact) mass is 318 g/mol. The van der Waals surface area contributed by atoms with Gasteiger partial charge < -0.3 is 9.64 Å². The van der Waals surface area contributed by atoms with Crippen LogP contribution in [-0.4, -0.2) is 51.9 Å². The molecule has 23 heavy (non-hydrogen) atoms. The highest BCUT2D eigenvalue weighted by Crippen LogP contribution is 2.27. The van der Waals surface area contributed by atoms with E-state index >= 15 is 0 Å². The summed E-state index contributed by atoms with van der Waals surface area (Å²) in [5.74, 6) is 0.244. The van der Waals surface area contributed by atoms with Crippen molar-refractivity contribution < 1.29 is 13.9 Å². The van der Waals surface area contributed by atoms with Crippen LogP contribution in [0.1, 0.15) is 29.3 Å². The molecule has 0 unspecified atom stereocenters. The maximum absolute atomic E-state index is 13.0. The second kappa shape index (κ2) is 6.45. The van der Waals surface area contributed by atoms with Crippen molar-refractivity contribution >= 4 is 5.91 Å². The molecule has 1 amide bonds. The van der Waals surface area contributed by atoms with E-state index in [1.54, 1.807) is 35.7 Å². The van der Waals surface area contributed by atoms with Gasteiger partial charge in [-0.2, -0.15) is 0 Å². The highest BCUT2D eigenvalue weighted by Gasteiger charge is 2.34. The standard InChI is InChI=1S/C16H19FN4O2/c1-11-18-15(16(22)20(9-10-23-2)13-7-8-13)19-21(11)14-5-3-12(17)4-6-14/h3-6,13H,7-10H2,1-2H3. The zero-order valence-corrected chi connectivity index (χ0v) is 13.2. The molecule has 1 aromatic heterocycles. The Labute approximate surface area is 133 Å². The van der Waals surface area contributed by atoms with E-state index in [0.29, 0.717) is 24.7 Å². The molecule has 0 N–H and O–H groups in total. The van der Waals surface area contributed by atoms with Gasteiger partial charge in [-0.1, -0.05) is 0 Å². The molecule has 0 spiro atoms. The first-order valence-electron chi connectivity index (χ1n) is 7.59. The molecule has 122 valence electrons. The van der Waals surface area contributed by atoms with Crippen molar-refractivity contribution in [1.82, 2.24) is 19.7 Å². The van der Waals surface area contributed by atoms with Crippen LogP contribution in [0.2, 0.25) is 0 Å². The zero-order valence-electron chi connectivity index (χ0n) is 13.2. The molecule has 1 aliphatic rings. The van der Waals surface area contributed by atoms with E-state index in [1.807, 2.05) is 0 Å². The number of hydrogen-bond acceptors (Lipinski definition) is 4. The second-order valence-corrected chi connectivity index (χ2v) is 5.59. The molecule has 1 aliphatic carbocycles. The Morgan fingerprint density at radius 1 is 1.39 bits per heavy atom. The van der Waals surface area contributed by atoms with E-state index in [2.05, 4.69) is 10.1 Å². The van der Waals surface area contributed by atoms with Gasteiger partial charge in [0.05, 0.1) is 12.3 Å². The maximum Gasteiger partial charge on any atom is 0.293 e. The number of methoxy groups -OCH3 is 1. The number of amides is 1.